The Labute approximate surface area is 134 Å². The van der Waals surface area contributed by atoms with Gasteiger partial charge in [-0.05, 0) is 47.6 Å². The lowest BCUT2D eigenvalue weighted by Gasteiger charge is -2.25. The Morgan fingerprint density at radius 2 is 1.50 bits per heavy atom. The van der Waals surface area contributed by atoms with Crippen LogP contribution in [0.3, 0.4) is 0 Å². The Morgan fingerprint density at radius 1 is 1.00 bits per heavy atom. The zero-order valence-corrected chi connectivity index (χ0v) is 15.6. The van der Waals surface area contributed by atoms with E-state index in [1.807, 2.05) is 0 Å². The van der Waals surface area contributed by atoms with Crippen molar-refractivity contribution in [1.82, 2.24) is 0 Å². The predicted octanol–water partition coefficient (Wildman–Crippen LogP) is 7.10. The maximum atomic E-state index is 3.87. The molecular weight excluding hydrogens is 308 g/mol. The van der Waals surface area contributed by atoms with Crippen molar-refractivity contribution in [3.63, 3.8) is 0 Å². The highest BCUT2D eigenvalue weighted by Crippen LogP contribution is 2.35. The van der Waals surface area contributed by atoms with Crippen molar-refractivity contribution >= 4 is 15.9 Å². The second-order valence-electron chi connectivity index (χ2n) is 7.55. The van der Waals surface area contributed by atoms with Crippen LogP contribution in [0.2, 0.25) is 0 Å². The van der Waals surface area contributed by atoms with Crippen molar-refractivity contribution in [2.24, 2.45) is 11.3 Å². The molecule has 0 aliphatic carbocycles. The minimum Gasteiger partial charge on any atom is -0.0839 e. The molecule has 1 aromatic carbocycles. The van der Waals surface area contributed by atoms with E-state index in [4.69, 9.17) is 0 Å². The van der Waals surface area contributed by atoms with E-state index in [0.29, 0.717) is 16.2 Å². The van der Waals surface area contributed by atoms with Gasteiger partial charge in [0, 0.05) is 4.83 Å². The first-order valence-corrected chi connectivity index (χ1v) is 8.88. The summed E-state index contributed by atoms with van der Waals surface area (Å²) in [6.45, 7) is 13.9. The average Bonchev–Trinajstić information content (AvgIpc) is 2.35. The van der Waals surface area contributed by atoms with E-state index < -0.39 is 0 Å². The minimum atomic E-state index is 0.423. The second-order valence-corrected chi connectivity index (χ2v) is 8.65. The molecule has 0 fully saturated rings. The van der Waals surface area contributed by atoms with Crippen LogP contribution in [0.5, 0.6) is 0 Å². The van der Waals surface area contributed by atoms with Gasteiger partial charge in [0.05, 0.1) is 0 Å². The van der Waals surface area contributed by atoms with Gasteiger partial charge in [0.25, 0.3) is 0 Å². The van der Waals surface area contributed by atoms with Gasteiger partial charge < -0.3 is 0 Å². The first kappa shape index (κ1) is 17.8. The van der Waals surface area contributed by atoms with Gasteiger partial charge in [-0.2, -0.15) is 0 Å². The van der Waals surface area contributed by atoms with Crippen LogP contribution < -0.4 is 0 Å². The summed E-state index contributed by atoms with van der Waals surface area (Å²) >= 11 is 3.87. The summed E-state index contributed by atoms with van der Waals surface area (Å²) in [5, 5.41) is 0. The SMILES string of the molecule is CCC(C)c1ccc(C(Br)CC(C)CC(C)(C)C)cc1. The monoisotopic (exact) mass is 338 g/mol. The first-order valence-electron chi connectivity index (χ1n) is 7.97. The van der Waals surface area contributed by atoms with Crippen molar-refractivity contribution in [1.29, 1.82) is 0 Å². The highest BCUT2D eigenvalue weighted by Gasteiger charge is 2.18. The molecule has 0 radical (unpaired) electrons. The lowest BCUT2D eigenvalue weighted by atomic mass is 9.83. The van der Waals surface area contributed by atoms with Crippen molar-refractivity contribution < 1.29 is 0 Å². The van der Waals surface area contributed by atoms with Crippen LogP contribution in [0.25, 0.3) is 0 Å². The lowest BCUT2D eigenvalue weighted by molar-refractivity contribution is 0.296. The maximum absolute atomic E-state index is 3.87. The lowest BCUT2D eigenvalue weighted by Crippen LogP contribution is -2.12. The molecule has 1 aromatic rings. The predicted molar refractivity (Wildman–Crippen MR) is 94.7 cm³/mol. The molecule has 0 nitrogen and oxygen atoms in total. The van der Waals surface area contributed by atoms with Crippen molar-refractivity contribution in [3.05, 3.63) is 35.4 Å². The molecule has 0 aliphatic heterocycles. The van der Waals surface area contributed by atoms with Crippen molar-refractivity contribution in [3.8, 4) is 0 Å². The summed E-state index contributed by atoms with van der Waals surface area (Å²) in [4.78, 5) is 0.478. The van der Waals surface area contributed by atoms with Gasteiger partial charge in [-0.25, -0.2) is 0 Å². The highest BCUT2D eigenvalue weighted by molar-refractivity contribution is 9.09. The average molecular weight is 339 g/mol. The number of hydrogen-bond acceptors (Lipinski definition) is 0. The molecule has 0 bridgehead atoms. The van der Waals surface area contributed by atoms with E-state index in [2.05, 4.69) is 81.7 Å². The van der Waals surface area contributed by atoms with Crippen molar-refractivity contribution in [2.45, 2.75) is 71.5 Å². The fourth-order valence-corrected chi connectivity index (χ4v) is 3.83. The van der Waals surface area contributed by atoms with Gasteiger partial charge in [-0.3, -0.25) is 0 Å². The Balaban J connectivity index is 2.61. The molecule has 0 aliphatic rings. The third kappa shape index (κ3) is 5.99. The van der Waals surface area contributed by atoms with E-state index in [9.17, 15) is 0 Å². The fraction of sp³-hybridized carbons (Fsp3) is 0.684. The molecule has 0 saturated carbocycles. The molecule has 20 heavy (non-hydrogen) atoms. The normalized spacial score (nSPS) is 16.8. The van der Waals surface area contributed by atoms with Gasteiger partial charge in [0.2, 0.25) is 0 Å². The van der Waals surface area contributed by atoms with E-state index in [1.165, 1.54) is 30.4 Å². The van der Waals surface area contributed by atoms with Gasteiger partial charge in [-0.1, -0.05) is 81.7 Å². The Kier molecular flexibility index (Phi) is 6.78. The molecule has 1 rings (SSSR count). The number of hydrogen-bond donors (Lipinski definition) is 0. The summed E-state index contributed by atoms with van der Waals surface area (Å²) in [5.41, 5.74) is 3.29. The highest BCUT2D eigenvalue weighted by atomic mass is 79.9. The summed E-state index contributed by atoms with van der Waals surface area (Å²) in [5.74, 6) is 1.41. The standard InChI is InChI=1S/C19H31Br/c1-7-15(3)16-8-10-17(11-9-16)18(20)12-14(2)13-19(4,5)6/h8-11,14-15,18H,7,12-13H2,1-6H3. The number of halogens is 1. The second kappa shape index (κ2) is 7.64. The first-order chi connectivity index (χ1) is 9.23. The molecular formula is C19H31Br. The van der Waals surface area contributed by atoms with E-state index in [-0.39, 0.29) is 0 Å². The van der Waals surface area contributed by atoms with Crippen LogP contribution in [0, 0.1) is 11.3 Å². The van der Waals surface area contributed by atoms with E-state index in [0.717, 1.165) is 5.92 Å². The van der Waals surface area contributed by atoms with Gasteiger partial charge in [0.15, 0.2) is 0 Å². The largest absolute Gasteiger partial charge is 0.0839 e. The van der Waals surface area contributed by atoms with Gasteiger partial charge >= 0.3 is 0 Å². The van der Waals surface area contributed by atoms with Crippen LogP contribution in [-0.2, 0) is 0 Å². The third-order valence-electron chi connectivity index (χ3n) is 4.05. The Bertz CT molecular complexity index is 385. The zero-order valence-electron chi connectivity index (χ0n) is 14.0. The van der Waals surface area contributed by atoms with Crippen LogP contribution in [-0.4, -0.2) is 0 Å². The maximum Gasteiger partial charge on any atom is 0.0397 e. The van der Waals surface area contributed by atoms with Crippen LogP contribution in [0.15, 0.2) is 24.3 Å². The molecule has 0 aromatic heterocycles. The fourth-order valence-electron chi connectivity index (χ4n) is 2.89. The van der Waals surface area contributed by atoms with Crippen LogP contribution in [0.1, 0.15) is 82.7 Å². The van der Waals surface area contributed by atoms with Crippen molar-refractivity contribution in [2.75, 3.05) is 0 Å². The molecule has 1 heteroatoms. The molecule has 0 amide bonds. The molecule has 0 saturated heterocycles. The molecule has 0 spiro atoms. The van der Waals surface area contributed by atoms with Crippen LogP contribution in [0.4, 0.5) is 0 Å². The number of benzene rings is 1. The smallest absolute Gasteiger partial charge is 0.0397 e. The quantitative estimate of drug-likeness (QED) is 0.485. The number of rotatable bonds is 6. The molecule has 114 valence electrons. The molecule has 3 unspecified atom stereocenters. The summed E-state index contributed by atoms with van der Waals surface area (Å²) < 4.78 is 0. The van der Waals surface area contributed by atoms with Gasteiger partial charge in [0.1, 0.15) is 0 Å². The zero-order chi connectivity index (χ0) is 15.3. The number of alkyl halides is 1. The topological polar surface area (TPSA) is 0 Å². The Morgan fingerprint density at radius 3 is 1.95 bits per heavy atom. The summed E-state index contributed by atoms with van der Waals surface area (Å²) in [6, 6.07) is 9.19. The van der Waals surface area contributed by atoms with Crippen LogP contribution >= 0.6 is 15.9 Å². The third-order valence-corrected chi connectivity index (χ3v) is 4.95. The summed E-state index contributed by atoms with van der Waals surface area (Å²) in [7, 11) is 0. The van der Waals surface area contributed by atoms with E-state index >= 15 is 0 Å². The van der Waals surface area contributed by atoms with E-state index in [1.54, 1.807) is 0 Å². The Hall–Kier alpha value is -0.300. The summed E-state index contributed by atoms with van der Waals surface area (Å²) in [6.07, 6.45) is 3.69. The molecule has 0 heterocycles. The molecule has 0 N–H and O–H groups in total. The molecule has 3 atom stereocenters. The minimum absolute atomic E-state index is 0.423. The van der Waals surface area contributed by atoms with Gasteiger partial charge in [-0.15, -0.1) is 0 Å².